The van der Waals surface area contributed by atoms with Gasteiger partial charge in [-0.15, -0.1) is 13.2 Å². The van der Waals surface area contributed by atoms with Crippen molar-refractivity contribution in [2.24, 2.45) is 0 Å². The molecule has 0 unspecified atom stereocenters. The molecule has 0 spiro atoms. The summed E-state index contributed by atoms with van der Waals surface area (Å²) in [6.45, 7) is 12.7. The van der Waals surface area contributed by atoms with Crippen molar-refractivity contribution in [3.05, 3.63) is 25.3 Å². The summed E-state index contributed by atoms with van der Waals surface area (Å²) in [5, 5.41) is 2.65. The number of hydrogen-bond donors (Lipinski definition) is 1. The second kappa shape index (κ2) is 10.1. The predicted octanol–water partition coefficient (Wildman–Crippen LogP) is 2.95. The van der Waals surface area contributed by atoms with E-state index < -0.39 is 29.7 Å². The molecule has 27 heavy (non-hydrogen) atoms. The van der Waals surface area contributed by atoms with E-state index >= 15 is 0 Å². The maximum atomic E-state index is 13.2. The fourth-order valence-corrected chi connectivity index (χ4v) is 3.18. The Morgan fingerprint density at radius 3 is 2.41 bits per heavy atom. The minimum absolute atomic E-state index is 0.147. The van der Waals surface area contributed by atoms with Crippen LogP contribution in [0.25, 0.3) is 0 Å². The van der Waals surface area contributed by atoms with Gasteiger partial charge in [-0.05, 0) is 52.9 Å². The molecule has 0 aliphatic carbocycles. The van der Waals surface area contributed by atoms with Gasteiger partial charge >= 0.3 is 12.1 Å². The third-order valence-electron chi connectivity index (χ3n) is 4.32. The zero-order valence-corrected chi connectivity index (χ0v) is 16.8. The number of carbonyl (C=O) groups is 3. The molecule has 1 aliphatic heterocycles. The van der Waals surface area contributed by atoms with Gasteiger partial charge in [0, 0.05) is 6.04 Å². The molecule has 1 rings (SSSR count). The van der Waals surface area contributed by atoms with Gasteiger partial charge in [-0.1, -0.05) is 12.2 Å². The van der Waals surface area contributed by atoms with Gasteiger partial charge in [-0.2, -0.15) is 0 Å². The maximum absolute atomic E-state index is 13.2. The number of carbonyl (C=O) groups excluding carboxylic acids is 3. The number of nitrogens with zero attached hydrogens (tertiary/aromatic N) is 1. The second-order valence-electron chi connectivity index (χ2n) is 7.60. The van der Waals surface area contributed by atoms with E-state index in [2.05, 4.69) is 18.5 Å². The van der Waals surface area contributed by atoms with Crippen LogP contribution in [-0.2, 0) is 19.1 Å². The summed E-state index contributed by atoms with van der Waals surface area (Å²) in [6.07, 6.45) is 5.42. The molecule has 7 heteroatoms. The van der Waals surface area contributed by atoms with Crippen molar-refractivity contribution in [3.63, 3.8) is 0 Å². The van der Waals surface area contributed by atoms with Crippen LogP contribution < -0.4 is 5.32 Å². The van der Waals surface area contributed by atoms with Gasteiger partial charge < -0.3 is 19.7 Å². The van der Waals surface area contributed by atoms with Crippen LogP contribution in [0.15, 0.2) is 25.3 Å². The van der Waals surface area contributed by atoms with Crippen molar-refractivity contribution < 1.29 is 23.9 Å². The lowest BCUT2D eigenvalue weighted by molar-refractivity contribution is -0.153. The quantitative estimate of drug-likeness (QED) is 0.517. The smallest absolute Gasteiger partial charge is 0.408 e. The zero-order valence-electron chi connectivity index (χ0n) is 16.8. The molecule has 0 aromatic heterocycles. The van der Waals surface area contributed by atoms with Gasteiger partial charge in [-0.25, -0.2) is 9.59 Å². The lowest BCUT2D eigenvalue weighted by Crippen LogP contribution is -2.54. The summed E-state index contributed by atoms with van der Waals surface area (Å²) in [4.78, 5) is 39.1. The molecule has 0 aromatic rings. The normalized spacial score (nSPS) is 20.5. The maximum Gasteiger partial charge on any atom is 0.408 e. The average molecular weight is 380 g/mol. The molecule has 2 amide bonds. The highest BCUT2D eigenvalue weighted by molar-refractivity contribution is 5.90. The van der Waals surface area contributed by atoms with E-state index in [9.17, 15) is 14.4 Å². The number of hydrogen-bond acceptors (Lipinski definition) is 5. The third kappa shape index (κ3) is 6.73. The fraction of sp³-hybridized carbons (Fsp3) is 0.650. The minimum Gasteiger partial charge on any atom is -0.467 e. The van der Waals surface area contributed by atoms with Crippen molar-refractivity contribution in [2.45, 2.75) is 76.6 Å². The van der Waals surface area contributed by atoms with Crippen molar-refractivity contribution in [1.29, 1.82) is 0 Å². The molecule has 0 radical (unpaired) electrons. The average Bonchev–Trinajstić information content (AvgIpc) is 2.99. The molecule has 0 saturated carbocycles. The monoisotopic (exact) mass is 380 g/mol. The van der Waals surface area contributed by atoms with Crippen LogP contribution in [0.1, 0.15) is 52.9 Å². The summed E-state index contributed by atoms with van der Waals surface area (Å²) >= 11 is 0. The van der Waals surface area contributed by atoms with Crippen molar-refractivity contribution in [2.75, 3.05) is 7.11 Å². The molecule has 3 atom stereocenters. The molecule has 1 N–H and O–H groups in total. The van der Waals surface area contributed by atoms with Crippen LogP contribution in [0.5, 0.6) is 0 Å². The van der Waals surface area contributed by atoms with Gasteiger partial charge in [0.25, 0.3) is 0 Å². The van der Waals surface area contributed by atoms with E-state index in [1.54, 1.807) is 37.8 Å². The van der Waals surface area contributed by atoms with Crippen LogP contribution in [-0.4, -0.2) is 53.7 Å². The number of nitrogens with one attached hydrogen (secondary N) is 1. The number of amides is 2. The summed E-state index contributed by atoms with van der Waals surface area (Å²) in [5.74, 6) is -0.767. The van der Waals surface area contributed by atoms with Gasteiger partial charge in [-0.3, -0.25) is 4.79 Å². The SMILES string of the molecule is C=CCC[C@H](NC(=O)OC(C)(C)C)C(=O)N1[C@@H](CC=C)CC[C@H]1C(=O)OC. The first-order valence-corrected chi connectivity index (χ1v) is 9.26. The number of likely N-dealkylation sites (tertiary alicyclic amines) is 1. The number of rotatable bonds is 8. The van der Waals surface area contributed by atoms with Crippen LogP contribution in [0.4, 0.5) is 4.79 Å². The van der Waals surface area contributed by atoms with E-state index in [-0.39, 0.29) is 11.9 Å². The van der Waals surface area contributed by atoms with Gasteiger partial charge in [0.15, 0.2) is 0 Å². The molecule has 1 fully saturated rings. The third-order valence-corrected chi connectivity index (χ3v) is 4.32. The molecular weight excluding hydrogens is 348 g/mol. The number of alkyl carbamates (subject to hydrolysis) is 1. The first-order chi connectivity index (χ1) is 12.6. The number of methoxy groups -OCH3 is 1. The van der Waals surface area contributed by atoms with Crippen molar-refractivity contribution in [3.8, 4) is 0 Å². The summed E-state index contributed by atoms with van der Waals surface area (Å²) in [7, 11) is 1.31. The minimum atomic E-state index is -0.810. The lowest BCUT2D eigenvalue weighted by Gasteiger charge is -2.32. The molecule has 7 nitrogen and oxygen atoms in total. The Hall–Kier alpha value is -2.31. The highest BCUT2D eigenvalue weighted by atomic mass is 16.6. The highest BCUT2D eigenvalue weighted by Crippen LogP contribution is 2.29. The molecule has 152 valence electrons. The number of allylic oxidation sites excluding steroid dienone is 1. The molecular formula is C20H32N2O5. The highest BCUT2D eigenvalue weighted by Gasteiger charge is 2.43. The summed E-state index contributed by atoms with van der Waals surface area (Å²) in [5.41, 5.74) is -0.677. The van der Waals surface area contributed by atoms with Crippen LogP contribution >= 0.6 is 0 Å². The first-order valence-electron chi connectivity index (χ1n) is 9.26. The number of ether oxygens (including phenoxy) is 2. The van der Waals surface area contributed by atoms with E-state index in [1.165, 1.54) is 7.11 Å². The Balaban J connectivity index is 3.03. The van der Waals surface area contributed by atoms with E-state index in [1.807, 2.05) is 0 Å². The summed E-state index contributed by atoms with van der Waals surface area (Å²) < 4.78 is 10.1. The van der Waals surface area contributed by atoms with Gasteiger partial charge in [0.2, 0.25) is 5.91 Å². The van der Waals surface area contributed by atoms with Gasteiger partial charge in [0.1, 0.15) is 17.7 Å². The zero-order chi connectivity index (χ0) is 20.6. The standard InChI is InChI=1S/C20H32N2O5/c1-7-9-11-15(21-19(25)27-20(3,4)5)17(23)22-14(10-8-2)12-13-16(22)18(24)26-6/h7-8,14-16H,1-2,9-13H2,3-6H3,(H,21,25)/t14-,15-,16-/m0/s1. The Morgan fingerprint density at radius 1 is 1.22 bits per heavy atom. The number of esters is 1. The van der Waals surface area contributed by atoms with E-state index in [0.717, 1.165) is 0 Å². The predicted molar refractivity (Wildman–Crippen MR) is 103 cm³/mol. The van der Waals surface area contributed by atoms with E-state index in [0.29, 0.717) is 32.1 Å². The summed E-state index contributed by atoms with van der Waals surface area (Å²) in [6, 6.07) is -1.61. The van der Waals surface area contributed by atoms with Crippen molar-refractivity contribution in [1.82, 2.24) is 10.2 Å². The lowest BCUT2D eigenvalue weighted by atomic mass is 10.1. The molecule has 1 saturated heterocycles. The fourth-order valence-electron chi connectivity index (χ4n) is 3.18. The Labute approximate surface area is 161 Å². The Morgan fingerprint density at radius 2 is 1.89 bits per heavy atom. The second-order valence-corrected chi connectivity index (χ2v) is 7.60. The van der Waals surface area contributed by atoms with Crippen LogP contribution in [0.3, 0.4) is 0 Å². The molecule has 0 bridgehead atoms. The van der Waals surface area contributed by atoms with Crippen LogP contribution in [0, 0.1) is 0 Å². The largest absolute Gasteiger partial charge is 0.467 e. The first kappa shape index (κ1) is 22.7. The van der Waals surface area contributed by atoms with E-state index in [4.69, 9.17) is 9.47 Å². The molecule has 0 aromatic carbocycles. The molecule has 1 heterocycles. The van der Waals surface area contributed by atoms with Crippen LogP contribution in [0.2, 0.25) is 0 Å². The Bertz CT molecular complexity index is 567. The van der Waals surface area contributed by atoms with Gasteiger partial charge in [0.05, 0.1) is 7.11 Å². The topological polar surface area (TPSA) is 84.9 Å². The molecule has 1 aliphatic rings. The van der Waals surface area contributed by atoms with Crippen molar-refractivity contribution >= 4 is 18.0 Å². The Kier molecular flexibility index (Phi) is 8.53.